The number of benzene rings is 2. The van der Waals surface area contributed by atoms with Crippen molar-refractivity contribution in [2.45, 2.75) is 0 Å². The van der Waals surface area contributed by atoms with E-state index in [9.17, 15) is 4.79 Å². The maximum absolute atomic E-state index is 12.0. The second-order valence-electron chi connectivity index (χ2n) is 4.88. The lowest BCUT2D eigenvalue weighted by Gasteiger charge is -2.09. The maximum Gasteiger partial charge on any atom is 0.264 e. The van der Waals surface area contributed by atoms with Crippen LogP contribution in [0.2, 0.25) is 0 Å². The first-order valence-electron chi connectivity index (χ1n) is 7.33. The topological polar surface area (TPSA) is 60.5 Å². The zero-order valence-electron chi connectivity index (χ0n) is 13.1. The summed E-state index contributed by atoms with van der Waals surface area (Å²) in [5.41, 5.74) is 1.07. The summed E-state index contributed by atoms with van der Waals surface area (Å²) in [4.78, 5) is 17.2. The van der Waals surface area contributed by atoms with E-state index >= 15 is 0 Å². The molecule has 3 rings (SSSR count). The molecule has 0 radical (unpaired) electrons. The van der Waals surface area contributed by atoms with Crippen molar-refractivity contribution in [1.29, 1.82) is 0 Å². The van der Waals surface area contributed by atoms with Gasteiger partial charge in [0.1, 0.15) is 0 Å². The molecule has 0 saturated heterocycles. The molecule has 1 amide bonds. The van der Waals surface area contributed by atoms with Gasteiger partial charge in [0.05, 0.1) is 12.0 Å². The molecule has 2 aromatic carbocycles. The van der Waals surface area contributed by atoms with Crippen LogP contribution in [0, 0.1) is 0 Å². The lowest BCUT2D eigenvalue weighted by molar-refractivity contribution is -0.118. The van der Waals surface area contributed by atoms with Gasteiger partial charge in [0.2, 0.25) is 0 Å². The molecular formula is C18H16N2O3S. The van der Waals surface area contributed by atoms with E-state index in [1.165, 1.54) is 11.3 Å². The summed E-state index contributed by atoms with van der Waals surface area (Å²) >= 11 is 1.42. The number of hydrogen-bond donors (Lipinski definition) is 1. The molecule has 5 nitrogen and oxygen atoms in total. The lowest BCUT2D eigenvalue weighted by atomic mass is 10.2. The standard InChI is InChI=1S/C18H16N2O3S/c1-22-14-9-5-6-10-15(14)23-12-17(21)20-18-19-11-16(24-18)13-7-3-2-4-8-13/h2-11H,12H2,1H3,(H,19,20,21). The SMILES string of the molecule is COc1ccccc1OCC(=O)Nc1ncc(-c2ccccc2)s1. The zero-order chi connectivity index (χ0) is 16.8. The van der Waals surface area contributed by atoms with E-state index in [4.69, 9.17) is 9.47 Å². The normalized spacial score (nSPS) is 10.2. The summed E-state index contributed by atoms with van der Waals surface area (Å²) in [7, 11) is 1.56. The van der Waals surface area contributed by atoms with Crippen molar-refractivity contribution in [1.82, 2.24) is 4.98 Å². The summed E-state index contributed by atoms with van der Waals surface area (Å²) in [5.74, 6) is 0.847. The van der Waals surface area contributed by atoms with Gasteiger partial charge in [0.15, 0.2) is 23.2 Å². The van der Waals surface area contributed by atoms with E-state index in [-0.39, 0.29) is 12.5 Å². The van der Waals surface area contributed by atoms with E-state index in [0.29, 0.717) is 16.6 Å². The maximum atomic E-state index is 12.0. The fourth-order valence-electron chi connectivity index (χ4n) is 2.10. The number of carbonyl (C=O) groups excluding carboxylic acids is 1. The van der Waals surface area contributed by atoms with Crippen LogP contribution in [0.3, 0.4) is 0 Å². The second-order valence-corrected chi connectivity index (χ2v) is 5.91. The average Bonchev–Trinajstić information content (AvgIpc) is 3.09. The number of nitrogens with one attached hydrogen (secondary N) is 1. The Morgan fingerprint density at radius 1 is 1.08 bits per heavy atom. The van der Waals surface area contributed by atoms with E-state index in [1.807, 2.05) is 42.5 Å². The van der Waals surface area contributed by atoms with Crippen molar-refractivity contribution >= 4 is 22.4 Å². The summed E-state index contributed by atoms with van der Waals surface area (Å²) in [6.07, 6.45) is 1.75. The van der Waals surface area contributed by atoms with Gasteiger partial charge in [0, 0.05) is 6.20 Å². The number of carbonyl (C=O) groups is 1. The Bertz CT molecular complexity index is 818. The molecule has 1 aromatic heterocycles. The van der Waals surface area contributed by atoms with Crippen LogP contribution in [-0.4, -0.2) is 24.6 Å². The number of hydrogen-bond acceptors (Lipinski definition) is 5. The molecule has 24 heavy (non-hydrogen) atoms. The van der Waals surface area contributed by atoms with Gasteiger partial charge in [-0.3, -0.25) is 10.1 Å². The summed E-state index contributed by atoms with van der Waals surface area (Å²) in [6, 6.07) is 17.1. The molecule has 0 fully saturated rings. The Hall–Kier alpha value is -2.86. The first kappa shape index (κ1) is 16.0. The number of nitrogens with zero attached hydrogens (tertiary/aromatic N) is 1. The van der Waals surface area contributed by atoms with Gasteiger partial charge < -0.3 is 9.47 Å². The van der Waals surface area contributed by atoms with E-state index < -0.39 is 0 Å². The fourth-order valence-corrected chi connectivity index (χ4v) is 2.94. The van der Waals surface area contributed by atoms with Crippen molar-refractivity contribution in [3.63, 3.8) is 0 Å². The molecule has 0 saturated carbocycles. The van der Waals surface area contributed by atoms with Gasteiger partial charge >= 0.3 is 0 Å². The van der Waals surface area contributed by atoms with E-state index in [1.54, 1.807) is 25.4 Å². The molecule has 3 aromatic rings. The molecule has 0 aliphatic carbocycles. The van der Waals surface area contributed by atoms with Gasteiger partial charge in [-0.15, -0.1) is 0 Å². The predicted molar refractivity (Wildman–Crippen MR) is 94.7 cm³/mol. The number of methoxy groups -OCH3 is 1. The van der Waals surface area contributed by atoms with Crippen molar-refractivity contribution in [2.24, 2.45) is 0 Å². The Kier molecular flexibility index (Phi) is 5.08. The molecule has 1 N–H and O–H groups in total. The fraction of sp³-hybridized carbons (Fsp3) is 0.111. The summed E-state index contributed by atoms with van der Waals surface area (Å²) in [6.45, 7) is -0.110. The van der Waals surface area contributed by atoms with Crippen LogP contribution in [0.1, 0.15) is 0 Å². The van der Waals surface area contributed by atoms with Crippen molar-refractivity contribution in [3.8, 4) is 21.9 Å². The van der Waals surface area contributed by atoms with Crippen LogP contribution in [0.5, 0.6) is 11.5 Å². The smallest absolute Gasteiger partial charge is 0.264 e. The zero-order valence-corrected chi connectivity index (χ0v) is 13.9. The number of rotatable bonds is 6. The quantitative estimate of drug-likeness (QED) is 0.741. The minimum Gasteiger partial charge on any atom is -0.493 e. The van der Waals surface area contributed by atoms with Gasteiger partial charge in [0.25, 0.3) is 5.91 Å². The number of thiazole rings is 1. The molecule has 6 heteroatoms. The molecule has 0 unspecified atom stereocenters. The van der Waals surface area contributed by atoms with Crippen LogP contribution in [0.15, 0.2) is 60.8 Å². The minimum absolute atomic E-state index is 0.110. The Morgan fingerprint density at radius 3 is 2.54 bits per heavy atom. The van der Waals surface area contributed by atoms with E-state index in [2.05, 4.69) is 10.3 Å². The third kappa shape index (κ3) is 3.91. The number of aromatic nitrogens is 1. The van der Waals surface area contributed by atoms with Gasteiger partial charge in [-0.2, -0.15) is 0 Å². The number of anilines is 1. The monoisotopic (exact) mass is 340 g/mol. The number of ether oxygens (including phenoxy) is 2. The molecule has 0 spiro atoms. The van der Waals surface area contributed by atoms with Crippen LogP contribution >= 0.6 is 11.3 Å². The van der Waals surface area contributed by atoms with Crippen LogP contribution < -0.4 is 14.8 Å². The highest BCUT2D eigenvalue weighted by Crippen LogP contribution is 2.29. The highest BCUT2D eigenvalue weighted by atomic mass is 32.1. The predicted octanol–water partition coefficient (Wildman–Crippen LogP) is 3.84. The average molecular weight is 340 g/mol. The Labute approximate surface area is 143 Å². The Balaban J connectivity index is 1.58. The Morgan fingerprint density at radius 2 is 1.79 bits per heavy atom. The number of para-hydroxylation sites is 2. The van der Waals surface area contributed by atoms with E-state index in [0.717, 1.165) is 10.4 Å². The van der Waals surface area contributed by atoms with Crippen LogP contribution in [0.4, 0.5) is 5.13 Å². The largest absolute Gasteiger partial charge is 0.493 e. The first-order valence-corrected chi connectivity index (χ1v) is 8.15. The third-order valence-electron chi connectivity index (χ3n) is 3.24. The molecule has 1 heterocycles. The molecule has 0 aliphatic rings. The van der Waals surface area contributed by atoms with Crippen LogP contribution in [-0.2, 0) is 4.79 Å². The lowest BCUT2D eigenvalue weighted by Crippen LogP contribution is -2.20. The summed E-state index contributed by atoms with van der Waals surface area (Å²) < 4.78 is 10.7. The van der Waals surface area contributed by atoms with Crippen molar-refractivity contribution in [3.05, 3.63) is 60.8 Å². The van der Waals surface area contributed by atoms with Gasteiger partial charge in [-0.1, -0.05) is 53.8 Å². The number of amides is 1. The molecule has 0 atom stereocenters. The second kappa shape index (κ2) is 7.61. The molecule has 0 bridgehead atoms. The van der Waals surface area contributed by atoms with Crippen molar-refractivity contribution in [2.75, 3.05) is 19.0 Å². The highest BCUT2D eigenvalue weighted by molar-refractivity contribution is 7.19. The van der Waals surface area contributed by atoms with Gasteiger partial charge in [-0.25, -0.2) is 4.98 Å². The third-order valence-corrected chi connectivity index (χ3v) is 4.20. The van der Waals surface area contributed by atoms with Crippen molar-refractivity contribution < 1.29 is 14.3 Å². The molecular weight excluding hydrogens is 324 g/mol. The first-order chi connectivity index (χ1) is 11.8. The summed E-state index contributed by atoms with van der Waals surface area (Å²) in [5, 5.41) is 3.29. The van der Waals surface area contributed by atoms with Crippen LogP contribution in [0.25, 0.3) is 10.4 Å². The minimum atomic E-state index is -0.269. The van der Waals surface area contributed by atoms with Gasteiger partial charge in [-0.05, 0) is 17.7 Å². The highest BCUT2D eigenvalue weighted by Gasteiger charge is 2.10. The molecule has 122 valence electrons. The molecule has 0 aliphatic heterocycles.